The number of aromatic nitrogens is 6. The van der Waals surface area contributed by atoms with Gasteiger partial charge in [-0.15, -0.1) is 0 Å². The molecule has 32 heavy (non-hydrogen) atoms. The predicted molar refractivity (Wildman–Crippen MR) is 117 cm³/mol. The SMILES string of the molecule is COC1CN(c2nc(-c3cnc4[nH]cc(C#N)c4c3)nc3c2nc2n3CCOC2(C)C)C1. The highest BCUT2D eigenvalue weighted by Gasteiger charge is 2.36. The number of anilines is 1. The number of hydrogen-bond donors (Lipinski definition) is 1. The number of imidazole rings is 1. The highest BCUT2D eigenvalue weighted by molar-refractivity contribution is 5.89. The first kappa shape index (κ1) is 19.2. The lowest BCUT2D eigenvalue weighted by Crippen LogP contribution is -2.52. The van der Waals surface area contributed by atoms with Gasteiger partial charge in [0.15, 0.2) is 22.8 Å². The summed E-state index contributed by atoms with van der Waals surface area (Å²) in [6.07, 6.45) is 3.58. The fourth-order valence-electron chi connectivity index (χ4n) is 4.44. The third kappa shape index (κ3) is 2.71. The van der Waals surface area contributed by atoms with Crippen molar-refractivity contribution in [1.82, 2.24) is 29.5 Å². The Bertz CT molecular complexity index is 1410. The average molecular weight is 430 g/mol. The standard InChI is InChI=1S/C22H22N8O2/c1-22(2)21-26-16-19(29-10-14(11-29)31-3)27-17(28-20(16)30(21)4-5-32-22)12-6-15-13(7-23)9-25-18(15)24-8-12/h6,8-9,14H,4-5,10-11H2,1-3H3,(H,24,25). The molecule has 0 atom stereocenters. The number of nitrogens with zero attached hydrogens (tertiary/aromatic N) is 7. The number of methoxy groups -OCH3 is 1. The van der Waals surface area contributed by atoms with Crippen LogP contribution in [0, 0.1) is 11.3 Å². The highest BCUT2D eigenvalue weighted by atomic mass is 16.5. The van der Waals surface area contributed by atoms with E-state index in [-0.39, 0.29) is 6.10 Å². The zero-order valence-electron chi connectivity index (χ0n) is 18.1. The minimum Gasteiger partial charge on any atom is -0.378 e. The zero-order chi connectivity index (χ0) is 22.0. The number of rotatable bonds is 3. The molecule has 0 aromatic carbocycles. The Balaban J connectivity index is 1.57. The van der Waals surface area contributed by atoms with Crippen LogP contribution in [0.3, 0.4) is 0 Å². The molecule has 4 aromatic rings. The molecule has 1 saturated heterocycles. The summed E-state index contributed by atoms with van der Waals surface area (Å²) in [4.78, 5) is 24.4. The van der Waals surface area contributed by atoms with Gasteiger partial charge in [-0.2, -0.15) is 5.26 Å². The molecule has 0 radical (unpaired) electrons. The molecule has 10 nitrogen and oxygen atoms in total. The van der Waals surface area contributed by atoms with Crippen LogP contribution in [-0.2, 0) is 21.6 Å². The normalized spacial score (nSPS) is 18.0. The Labute approximate surface area is 183 Å². The maximum atomic E-state index is 9.41. The smallest absolute Gasteiger partial charge is 0.166 e. The second-order valence-electron chi connectivity index (χ2n) is 8.69. The van der Waals surface area contributed by atoms with Crippen LogP contribution < -0.4 is 4.90 Å². The summed E-state index contributed by atoms with van der Waals surface area (Å²) in [5.74, 6) is 2.19. The van der Waals surface area contributed by atoms with Crippen molar-refractivity contribution in [2.75, 3.05) is 31.7 Å². The molecule has 2 aliphatic rings. The van der Waals surface area contributed by atoms with Crippen molar-refractivity contribution in [3.05, 3.63) is 29.8 Å². The van der Waals surface area contributed by atoms with E-state index in [0.717, 1.165) is 46.8 Å². The predicted octanol–water partition coefficient (Wildman–Crippen LogP) is 2.34. The molecule has 0 bridgehead atoms. The molecular weight excluding hydrogens is 408 g/mol. The van der Waals surface area contributed by atoms with Crippen LogP contribution in [-0.4, -0.2) is 62.4 Å². The summed E-state index contributed by atoms with van der Waals surface area (Å²) in [5.41, 5.74) is 3.01. The fraction of sp³-hybridized carbons (Fsp3) is 0.409. The van der Waals surface area contributed by atoms with Crippen molar-refractivity contribution in [3.8, 4) is 17.5 Å². The van der Waals surface area contributed by atoms with E-state index in [0.29, 0.717) is 30.2 Å². The molecule has 0 aliphatic carbocycles. The maximum absolute atomic E-state index is 9.41. The highest BCUT2D eigenvalue weighted by Crippen LogP contribution is 2.36. The first-order chi connectivity index (χ1) is 15.5. The van der Waals surface area contributed by atoms with Gasteiger partial charge in [-0.05, 0) is 19.9 Å². The summed E-state index contributed by atoms with van der Waals surface area (Å²) < 4.78 is 13.6. The van der Waals surface area contributed by atoms with Gasteiger partial charge in [-0.25, -0.2) is 19.9 Å². The van der Waals surface area contributed by atoms with E-state index in [2.05, 4.69) is 25.5 Å². The molecule has 0 spiro atoms. The van der Waals surface area contributed by atoms with E-state index < -0.39 is 5.60 Å². The summed E-state index contributed by atoms with van der Waals surface area (Å²) >= 11 is 0. The van der Waals surface area contributed by atoms with Gasteiger partial charge in [0.25, 0.3) is 0 Å². The van der Waals surface area contributed by atoms with Crippen molar-refractivity contribution in [2.24, 2.45) is 0 Å². The van der Waals surface area contributed by atoms with Gasteiger partial charge in [0, 0.05) is 50.1 Å². The van der Waals surface area contributed by atoms with Gasteiger partial charge in [0.1, 0.15) is 23.1 Å². The number of H-pyrrole nitrogens is 1. The van der Waals surface area contributed by atoms with E-state index >= 15 is 0 Å². The molecule has 0 saturated carbocycles. The number of pyridine rings is 1. The quantitative estimate of drug-likeness (QED) is 0.526. The largest absolute Gasteiger partial charge is 0.378 e. The number of ether oxygens (including phenoxy) is 2. The van der Waals surface area contributed by atoms with Gasteiger partial charge in [0.05, 0.1) is 18.3 Å². The van der Waals surface area contributed by atoms with E-state index in [1.54, 1.807) is 19.5 Å². The van der Waals surface area contributed by atoms with Gasteiger partial charge in [-0.1, -0.05) is 0 Å². The topological polar surface area (TPSA) is 118 Å². The van der Waals surface area contributed by atoms with Gasteiger partial charge in [-0.3, -0.25) is 0 Å². The molecule has 4 aromatic heterocycles. The molecule has 0 unspecified atom stereocenters. The van der Waals surface area contributed by atoms with Crippen molar-refractivity contribution in [3.63, 3.8) is 0 Å². The molecule has 10 heteroatoms. The molecule has 0 amide bonds. The van der Waals surface area contributed by atoms with E-state index in [4.69, 9.17) is 24.4 Å². The van der Waals surface area contributed by atoms with Crippen LogP contribution in [0.5, 0.6) is 0 Å². The number of fused-ring (bicyclic) bond motifs is 4. The summed E-state index contributed by atoms with van der Waals surface area (Å²) in [6.45, 7) is 6.82. The Hall–Kier alpha value is -3.55. The number of nitriles is 1. The van der Waals surface area contributed by atoms with Crippen molar-refractivity contribution >= 4 is 28.0 Å². The van der Waals surface area contributed by atoms with Crippen molar-refractivity contribution in [2.45, 2.75) is 32.1 Å². The fourth-order valence-corrected chi connectivity index (χ4v) is 4.44. The Morgan fingerprint density at radius 2 is 2.12 bits per heavy atom. The van der Waals surface area contributed by atoms with Crippen molar-refractivity contribution < 1.29 is 9.47 Å². The van der Waals surface area contributed by atoms with Gasteiger partial charge >= 0.3 is 0 Å². The van der Waals surface area contributed by atoms with Crippen LogP contribution in [0.1, 0.15) is 25.2 Å². The zero-order valence-corrected chi connectivity index (χ0v) is 18.1. The lowest BCUT2D eigenvalue weighted by Gasteiger charge is -2.39. The maximum Gasteiger partial charge on any atom is 0.166 e. The third-order valence-electron chi connectivity index (χ3n) is 6.28. The summed E-state index contributed by atoms with van der Waals surface area (Å²) in [7, 11) is 1.72. The van der Waals surface area contributed by atoms with Crippen LogP contribution in [0.2, 0.25) is 0 Å². The molecular formula is C22H22N8O2. The average Bonchev–Trinajstić information content (AvgIpc) is 3.34. The van der Waals surface area contributed by atoms with Crippen LogP contribution >= 0.6 is 0 Å². The number of nitrogens with one attached hydrogen (secondary N) is 1. The summed E-state index contributed by atoms with van der Waals surface area (Å²) in [6, 6.07) is 4.11. The first-order valence-corrected chi connectivity index (χ1v) is 10.6. The Kier molecular flexibility index (Phi) is 4.02. The van der Waals surface area contributed by atoms with E-state index in [9.17, 15) is 5.26 Å². The molecule has 162 valence electrons. The monoisotopic (exact) mass is 430 g/mol. The molecule has 2 aliphatic heterocycles. The van der Waals surface area contributed by atoms with Crippen LogP contribution in [0.4, 0.5) is 5.82 Å². The molecule has 6 heterocycles. The Morgan fingerprint density at radius 1 is 1.28 bits per heavy atom. The van der Waals surface area contributed by atoms with Crippen LogP contribution in [0.25, 0.3) is 33.6 Å². The summed E-state index contributed by atoms with van der Waals surface area (Å²) in [5, 5.41) is 10.2. The third-order valence-corrected chi connectivity index (χ3v) is 6.28. The molecule has 1 fully saturated rings. The first-order valence-electron chi connectivity index (χ1n) is 10.6. The van der Waals surface area contributed by atoms with Crippen LogP contribution in [0.15, 0.2) is 18.5 Å². The molecule has 1 N–H and O–H groups in total. The minimum atomic E-state index is -0.506. The number of hydrogen-bond acceptors (Lipinski definition) is 8. The second-order valence-corrected chi connectivity index (χ2v) is 8.69. The lowest BCUT2D eigenvalue weighted by atomic mass is 10.1. The minimum absolute atomic E-state index is 0.177. The lowest BCUT2D eigenvalue weighted by molar-refractivity contribution is -0.0530. The number of aromatic amines is 1. The van der Waals surface area contributed by atoms with Crippen molar-refractivity contribution in [1.29, 1.82) is 5.26 Å². The Morgan fingerprint density at radius 3 is 2.91 bits per heavy atom. The second kappa shape index (κ2) is 6.72. The van der Waals surface area contributed by atoms with Gasteiger partial charge < -0.3 is 23.9 Å². The van der Waals surface area contributed by atoms with E-state index in [1.807, 2.05) is 19.9 Å². The van der Waals surface area contributed by atoms with E-state index in [1.165, 1.54) is 0 Å². The molecule has 6 rings (SSSR count). The van der Waals surface area contributed by atoms with Gasteiger partial charge in [0.2, 0.25) is 0 Å².